The van der Waals surface area contributed by atoms with Crippen LogP contribution in [0.1, 0.15) is 54.9 Å². The standard InChI is InChI=1S/C17H26N2O/c1-13-7-8-15(18-3)14(11-13)16(20)19-12-17(2)9-5-4-6-10-17/h7-8,11,18H,4-6,9-10,12H2,1-3H3,(H,19,20). The highest BCUT2D eigenvalue weighted by Gasteiger charge is 2.27. The fourth-order valence-electron chi connectivity index (χ4n) is 3.03. The molecule has 1 aromatic rings. The first-order valence-electron chi connectivity index (χ1n) is 7.61. The lowest BCUT2D eigenvalue weighted by molar-refractivity contribution is 0.0920. The molecule has 1 aromatic carbocycles. The van der Waals surface area contributed by atoms with Gasteiger partial charge < -0.3 is 10.6 Å². The number of rotatable bonds is 4. The van der Waals surface area contributed by atoms with E-state index >= 15 is 0 Å². The highest BCUT2D eigenvalue weighted by molar-refractivity contribution is 5.99. The third-order valence-corrected chi connectivity index (χ3v) is 4.43. The van der Waals surface area contributed by atoms with Crippen molar-refractivity contribution in [3.63, 3.8) is 0 Å². The number of carbonyl (C=O) groups excluding carboxylic acids is 1. The summed E-state index contributed by atoms with van der Waals surface area (Å²) in [5.74, 6) is 0.0323. The van der Waals surface area contributed by atoms with E-state index in [2.05, 4.69) is 17.6 Å². The van der Waals surface area contributed by atoms with Gasteiger partial charge in [0, 0.05) is 19.3 Å². The van der Waals surface area contributed by atoms with Crippen molar-refractivity contribution in [1.29, 1.82) is 0 Å². The Balaban J connectivity index is 2.03. The van der Waals surface area contributed by atoms with Gasteiger partial charge in [-0.3, -0.25) is 4.79 Å². The Labute approximate surface area is 122 Å². The molecular formula is C17H26N2O. The first-order chi connectivity index (χ1) is 9.54. The van der Waals surface area contributed by atoms with Crippen LogP contribution in [0, 0.1) is 12.3 Å². The van der Waals surface area contributed by atoms with Crippen molar-refractivity contribution in [2.45, 2.75) is 46.0 Å². The first kappa shape index (κ1) is 14.9. The van der Waals surface area contributed by atoms with Gasteiger partial charge >= 0.3 is 0 Å². The quantitative estimate of drug-likeness (QED) is 0.878. The van der Waals surface area contributed by atoms with Gasteiger partial charge in [-0.25, -0.2) is 0 Å². The van der Waals surface area contributed by atoms with Crippen molar-refractivity contribution < 1.29 is 4.79 Å². The lowest BCUT2D eigenvalue weighted by Gasteiger charge is -2.33. The number of hydrogen-bond donors (Lipinski definition) is 2. The molecule has 0 bridgehead atoms. The molecule has 1 amide bonds. The summed E-state index contributed by atoms with van der Waals surface area (Å²) in [5.41, 5.74) is 3.02. The maximum absolute atomic E-state index is 12.4. The molecule has 0 aromatic heterocycles. The number of aryl methyl sites for hydroxylation is 1. The number of carbonyl (C=O) groups is 1. The van der Waals surface area contributed by atoms with Crippen molar-refractivity contribution in [3.05, 3.63) is 29.3 Å². The molecule has 3 heteroatoms. The molecule has 0 saturated heterocycles. The van der Waals surface area contributed by atoms with Crippen LogP contribution in [0.4, 0.5) is 5.69 Å². The van der Waals surface area contributed by atoms with Gasteiger partial charge in [-0.2, -0.15) is 0 Å². The minimum atomic E-state index is 0.0323. The highest BCUT2D eigenvalue weighted by atomic mass is 16.1. The maximum atomic E-state index is 12.4. The fourth-order valence-corrected chi connectivity index (χ4v) is 3.03. The molecule has 1 saturated carbocycles. The van der Waals surface area contributed by atoms with Crippen LogP contribution in [0.2, 0.25) is 0 Å². The Morgan fingerprint density at radius 2 is 1.95 bits per heavy atom. The van der Waals surface area contributed by atoms with Crippen LogP contribution in [-0.4, -0.2) is 19.5 Å². The third kappa shape index (κ3) is 3.53. The molecule has 0 atom stereocenters. The minimum absolute atomic E-state index is 0.0323. The molecule has 0 radical (unpaired) electrons. The highest BCUT2D eigenvalue weighted by Crippen LogP contribution is 2.35. The van der Waals surface area contributed by atoms with Crippen LogP contribution in [-0.2, 0) is 0 Å². The summed E-state index contributed by atoms with van der Waals surface area (Å²) in [6.45, 7) is 5.09. The maximum Gasteiger partial charge on any atom is 0.253 e. The van der Waals surface area contributed by atoms with Crippen molar-refractivity contribution >= 4 is 11.6 Å². The smallest absolute Gasteiger partial charge is 0.253 e. The molecular weight excluding hydrogens is 248 g/mol. The van der Waals surface area contributed by atoms with Crippen molar-refractivity contribution in [2.24, 2.45) is 5.41 Å². The molecule has 110 valence electrons. The number of benzene rings is 1. The summed E-state index contributed by atoms with van der Waals surface area (Å²) in [4.78, 5) is 12.4. The molecule has 20 heavy (non-hydrogen) atoms. The topological polar surface area (TPSA) is 41.1 Å². The Morgan fingerprint density at radius 3 is 2.60 bits per heavy atom. The number of nitrogens with one attached hydrogen (secondary N) is 2. The summed E-state index contributed by atoms with van der Waals surface area (Å²) in [5, 5.41) is 6.22. The van der Waals surface area contributed by atoms with Crippen LogP contribution < -0.4 is 10.6 Å². The lowest BCUT2D eigenvalue weighted by Crippen LogP contribution is -2.37. The summed E-state index contributed by atoms with van der Waals surface area (Å²) in [7, 11) is 1.85. The Bertz CT molecular complexity index is 476. The predicted molar refractivity (Wildman–Crippen MR) is 84.3 cm³/mol. The van der Waals surface area contributed by atoms with Crippen LogP contribution in [0.3, 0.4) is 0 Å². The monoisotopic (exact) mass is 274 g/mol. The van der Waals surface area contributed by atoms with E-state index in [-0.39, 0.29) is 11.3 Å². The number of anilines is 1. The Kier molecular flexibility index (Phi) is 4.69. The summed E-state index contributed by atoms with van der Waals surface area (Å²) < 4.78 is 0. The molecule has 2 rings (SSSR count). The van der Waals surface area contributed by atoms with E-state index in [1.165, 1.54) is 32.1 Å². The zero-order valence-corrected chi connectivity index (χ0v) is 12.9. The Hall–Kier alpha value is -1.51. The molecule has 0 spiro atoms. The van der Waals surface area contributed by atoms with Crippen molar-refractivity contribution in [3.8, 4) is 0 Å². The summed E-state index contributed by atoms with van der Waals surface area (Å²) in [6.07, 6.45) is 6.36. The van der Waals surface area contributed by atoms with Gasteiger partial charge in [0.25, 0.3) is 5.91 Å². The zero-order valence-electron chi connectivity index (χ0n) is 12.9. The van der Waals surface area contributed by atoms with E-state index in [0.717, 1.165) is 23.4 Å². The van der Waals surface area contributed by atoms with E-state index in [1.807, 2.05) is 32.2 Å². The van der Waals surface area contributed by atoms with Crippen LogP contribution in [0.25, 0.3) is 0 Å². The minimum Gasteiger partial charge on any atom is -0.387 e. The van der Waals surface area contributed by atoms with Gasteiger partial charge in [-0.15, -0.1) is 0 Å². The van der Waals surface area contributed by atoms with Gasteiger partial charge in [-0.1, -0.05) is 37.8 Å². The molecule has 0 heterocycles. The van der Waals surface area contributed by atoms with E-state index in [9.17, 15) is 4.79 Å². The van der Waals surface area contributed by atoms with Gasteiger partial charge in [-0.05, 0) is 37.3 Å². The van der Waals surface area contributed by atoms with Gasteiger partial charge in [0.05, 0.1) is 5.56 Å². The van der Waals surface area contributed by atoms with E-state index in [1.54, 1.807) is 0 Å². The van der Waals surface area contributed by atoms with E-state index < -0.39 is 0 Å². The second-order valence-corrected chi connectivity index (χ2v) is 6.35. The molecule has 1 fully saturated rings. The molecule has 2 N–H and O–H groups in total. The lowest BCUT2D eigenvalue weighted by atomic mass is 9.76. The zero-order chi connectivity index (χ0) is 14.6. The molecule has 0 unspecified atom stereocenters. The molecule has 1 aliphatic rings. The normalized spacial score (nSPS) is 17.6. The van der Waals surface area contributed by atoms with Crippen LogP contribution >= 0.6 is 0 Å². The average Bonchev–Trinajstić information content (AvgIpc) is 2.45. The third-order valence-electron chi connectivity index (χ3n) is 4.43. The van der Waals surface area contributed by atoms with E-state index in [0.29, 0.717) is 0 Å². The Morgan fingerprint density at radius 1 is 1.25 bits per heavy atom. The number of hydrogen-bond acceptors (Lipinski definition) is 2. The van der Waals surface area contributed by atoms with Crippen LogP contribution in [0.5, 0.6) is 0 Å². The van der Waals surface area contributed by atoms with Gasteiger partial charge in [0.1, 0.15) is 0 Å². The van der Waals surface area contributed by atoms with Crippen molar-refractivity contribution in [1.82, 2.24) is 5.32 Å². The molecule has 3 nitrogen and oxygen atoms in total. The SMILES string of the molecule is CNc1ccc(C)cc1C(=O)NCC1(C)CCCCC1. The molecule has 1 aliphatic carbocycles. The number of amides is 1. The van der Waals surface area contributed by atoms with Crippen molar-refractivity contribution in [2.75, 3.05) is 18.9 Å². The molecule has 0 aliphatic heterocycles. The van der Waals surface area contributed by atoms with E-state index in [4.69, 9.17) is 0 Å². The van der Waals surface area contributed by atoms with Crippen LogP contribution in [0.15, 0.2) is 18.2 Å². The average molecular weight is 274 g/mol. The van der Waals surface area contributed by atoms with Gasteiger partial charge in [0.2, 0.25) is 0 Å². The summed E-state index contributed by atoms with van der Waals surface area (Å²) >= 11 is 0. The fraction of sp³-hybridized carbons (Fsp3) is 0.588. The second kappa shape index (κ2) is 6.29. The largest absolute Gasteiger partial charge is 0.387 e. The predicted octanol–water partition coefficient (Wildman–Crippen LogP) is 3.74. The summed E-state index contributed by atoms with van der Waals surface area (Å²) in [6, 6.07) is 5.93. The van der Waals surface area contributed by atoms with Gasteiger partial charge in [0.15, 0.2) is 0 Å². The second-order valence-electron chi connectivity index (χ2n) is 6.35. The first-order valence-corrected chi connectivity index (χ1v) is 7.61.